The summed E-state index contributed by atoms with van der Waals surface area (Å²) in [6, 6.07) is 12.5. The zero-order valence-corrected chi connectivity index (χ0v) is 8.50. The minimum Gasteiger partial charge on any atom is -0.398 e. The predicted molar refractivity (Wildman–Crippen MR) is 61.0 cm³/mol. The van der Waals surface area contributed by atoms with Gasteiger partial charge in [-0.2, -0.15) is 0 Å². The van der Waals surface area contributed by atoms with Crippen LogP contribution in [0.1, 0.15) is 5.56 Å². The summed E-state index contributed by atoms with van der Waals surface area (Å²) in [5, 5.41) is 0. The average Bonchev–Trinajstić information content (AvgIpc) is 2.24. The summed E-state index contributed by atoms with van der Waals surface area (Å²) in [5.74, 6) is -0.249. The summed E-state index contributed by atoms with van der Waals surface area (Å²) in [6.45, 7) is 1.81. The van der Waals surface area contributed by atoms with Gasteiger partial charge in [0.05, 0.1) is 0 Å². The molecule has 0 heterocycles. The van der Waals surface area contributed by atoms with E-state index in [2.05, 4.69) is 0 Å². The molecule has 2 N–H and O–H groups in total. The number of hydrogen-bond donors (Lipinski definition) is 1. The van der Waals surface area contributed by atoms with E-state index in [1.54, 1.807) is 0 Å². The number of rotatable bonds is 1. The zero-order chi connectivity index (χ0) is 10.8. The van der Waals surface area contributed by atoms with Crippen molar-refractivity contribution in [2.24, 2.45) is 0 Å². The van der Waals surface area contributed by atoms with Crippen LogP contribution in [0.15, 0.2) is 42.5 Å². The maximum Gasteiger partial charge on any atom is 0.124 e. The molecule has 76 valence electrons. The largest absolute Gasteiger partial charge is 0.398 e. The molecule has 0 aromatic heterocycles. The lowest BCUT2D eigenvalue weighted by Gasteiger charge is -2.08. The Morgan fingerprint density at radius 3 is 2.40 bits per heavy atom. The molecule has 0 saturated heterocycles. The Morgan fingerprint density at radius 2 is 1.73 bits per heavy atom. The number of halogens is 1. The van der Waals surface area contributed by atoms with E-state index in [0.717, 1.165) is 16.7 Å². The topological polar surface area (TPSA) is 26.0 Å². The molecule has 0 spiro atoms. The highest BCUT2D eigenvalue weighted by Crippen LogP contribution is 2.29. The molecule has 0 atom stereocenters. The van der Waals surface area contributed by atoms with Gasteiger partial charge in [0.15, 0.2) is 0 Å². The van der Waals surface area contributed by atoms with Crippen LogP contribution in [0.25, 0.3) is 11.1 Å². The normalized spacial score (nSPS) is 10.3. The smallest absolute Gasteiger partial charge is 0.124 e. The molecule has 2 aromatic rings. The highest BCUT2D eigenvalue weighted by atomic mass is 19.1. The van der Waals surface area contributed by atoms with Crippen LogP contribution in [0.3, 0.4) is 0 Å². The summed E-state index contributed by atoms with van der Waals surface area (Å²) in [7, 11) is 0. The number of nitrogens with two attached hydrogens (primary N) is 1. The molecule has 0 radical (unpaired) electrons. The molecule has 0 amide bonds. The van der Waals surface area contributed by atoms with Crippen molar-refractivity contribution >= 4 is 5.69 Å². The van der Waals surface area contributed by atoms with Gasteiger partial charge >= 0.3 is 0 Å². The van der Waals surface area contributed by atoms with Crippen LogP contribution in [0, 0.1) is 12.7 Å². The summed E-state index contributed by atoms with van der Waals surface area (Å²) in [4.78, 5) is 0. The summed E-state index contributed by atoms with van der Waals surface area (Å²) < 4.78 is 13.2. The second kappa shape index (κ2) is 3.73. The van der Waals surface area contributed by atoms with Crippen molar-refractivity contribution in [3.8, 4) is 11.1 Å². The van der Waals surface area contributed by atoms with Gasteiger partial charge in [0.2, 0.25) is 0 Å². The molecular formula is C13H12FN. The van der Waals surface area contributed by atoms with E-state index in [9.17, 15) is 4.39 Å². The molecule has 1 nitrogen and oxygen atoms in total. The third-order valence-corrected chi connectivity index (χ3v) is 2.44. The standard InChI is InChI=1S/C13H12FN/c1-9-7-11(14)8-12(13(9)15)10-5-3-2-4-6-10/h2-8H,15H2,1H3. The molecular weight excluding hydrogens is 189 g/mol. The Kier molecular flexibility index (Phi) is 2.42. The summed E-state index contributed by atoms with van der Waals surface area (Å²) >= 11 is 0. The Bertz CT molecular complexity index is 477. The van der Waals surface area contributed by atoms with Crippen LogP contribution < -0.4 is 5.73 Å². The number of aryl methyl sites for hydroxylation is 1. The maximum absolute atomic E-state index is 13.2. The highest BCUT2D eigenvalue weighted by Gasteiger charge is 2.06. The van der Waals surface area contributed by atoms with Crippen LogP contribution in [-0.2, 0) is 0 Å². The van der Waals surface area contributed by atoms with E-state index in [-0.39, 0.29) is 5.82 Å². The lowest BCUT2D eigenvalue weighted by Crippen LogP contribution is -1.95. The van der Waals surface area contributed by atoms with Crippen molar-refractivity contribution in [2.75, 3.05) is 5.73 Å². The van der Waals surface area contributed by atoms with E-state index in [1.165, 1.54) is 12.1 Å². The average molecular weight is 201 g/mol. The van der Waals surface area contributed by atoms with Gasteiger partial charge < -0.3 is 5.73 Å². The second-order valence-corrected chi connectivity index (χ2v) is 3.55. The van der Waals surface area contributed by atoms with Gasteiger partial charge in [-0.15, -0.1) is 0 Å². The van der Waals surface area contributed by atoms with Crippen molar-refractivity contribution in [1.29, 1.82) is 0 Å². The monoisotopic (exact) mass is 201 g/mol. The van der Waals surface area contributed by atoms with Gasteiger partial charge in [-0.05, 0) is 30.2 Å². The van der Waals surface area contributed by atoms with Crippen molar-refractivity contribution in [1.82, 2.24) is 0 Å². The first-order chi connectivity index (χ1) is 7.18. The third kappa shape index (κ3) is 1.84. The lowest BCUT2D eigenvalue weighted by molar-refractivity contribution is 0.627. The van der Waals surface area contributed by atoms with Gasteiger partial charge in [-0.3, -0.25) is 0 Å². The fourth-order valence-electron chi connectivity index (χ4n) is 1.61. The van der Waals surface area contributed by atoms with Crippen LogP contribution >= 0.6 is 0 Å². The van der Waals surface area contributed by atoms with Gasteiger partial charge in [0.25, 0.3) is 0 Å². The molecule has 15 heavy (non-hydrogen) atoms. The van der Waals surface area contributed by atoms with Gasteiger partial charge in [-0.1, -0.05) is 30.3 Å². The molecule has 2 rings (SSSR count). The van der Waals surface area contributed by atoms with E-state index in [4.69, 9.17) is 5.73 Å². The Morgan fingerprint density at radius 1 is 1.07 bits per heavy atom. The predicted octanol–water partition coefficient (Wildman–Crippen LogP) is 3.38. The number of anilines is 1. The van der Waals surface area contributed by atoms with Gasteiger partial charge in [0.1, 0.15) is 5.82 Å². The van der Waals surface area contributed by atoms with E-state index >= 15 is 0 Å². The summed E-state index contributed by atoms with van der Waals surface area (Å²) in [5.41, 5.74) is 9.03. The molecule has 2 aromatic carbocycles. The minimum absolute atomic E-state index is 0.249. The Balaban J connectivity index is 2.63. The second-order valence-electron chi connectivity index (χ2n) is 3.55. The van der Waals surface area contributed by atoms with Crippen molar-refractivity contribution in [3.05, 3.63) is 53.8 Å². The number of hydrogen-bond acceptors (Lipinski definition) is 1. The number of benzene rings is 2. The first-order valence-electron chi connectivity index (χ1n) is 4.79. The summed E-state index contributed by atoms with van der Waals surface area (Å²) in [6.07, 6.45) is 0. The van der Waals surface area contributed by atoms with Gasteiger partial charge in [0, 0.05) is 11.3 Å². The third-order valence-electron chi connectivity index (χ3n) is 2.44. The number of nitrogen functional groups attached to an aromatic ring is 1. The molecule has 0 fully saturated rings. The van der Waals surface area contributed by atoms with E-state index in [0.29, 0.717) is 5.69 Å². The first-order valence-corrected chi connectivity index (χ1v) is 4.79. The molecule has 0 aliphatic heterocycles. The first kappa shape index (κ1) is 9.71. The van der Waals surface area contributed by atoms with Crippen molar-refractivity contribution < 1.29 is 4.39 Å². The highest BCUT2D eigenvalue weighted by molar-refractivity contribution is 5.78. The van der Waals surface area contributed by atoms with Crippen molar-refractivity contribution in [2.45, 2.75) is 6.92 Å². The van der Waals surface area contributed by atoms with Crippen LogP contribution in [-0.4, -0.2) is 0 Å². The van der Waals surface area contributed by atoms with E-state index in [1.807, 2.05) is 37.3 Å². The fourth-order valence-corrected chi connectivity index (χ4v) is 1.61. The molecule has 0 unspecified atom stereocenters. The van der Waals surface area contributed by atoms with Crippen LogP contribution in [0.2, 0.25) is 0 Å². The van der Waals surface area contributed by atoms with E-state index < -0.39 is 0 Å². The molecule has 0 saturated carbocycles. The lowest BCUT2D eigenvalue weighted by atomic mass is 10.0. The SMILES string of the molecule is Cc1cc(F)cc(-c2ccccc2)c1N. The molecule has 0 aliphatic rings. The molecule has 0 aliphatic carbocycles. The van der Waals surface area contributed by atoms with Gasteiger partial charge in [-0.25, -0.2) is 4.39 Å². The van der Waals surface area contributed by atoms with Crippen molar-refractivity contribution in [3.63, 3.8) is 0 Å². The van der Waals surface area contributed by atoms with Crippen LogP contribution in [0.4, 0.5) is 10.1 Å². The minimum atomic E-state index is -0.249. The zero-order valence-electron chi connectivity index (χ0n) is 8.50. The quantitative estimate of drug-likeness (QED) is 0.703. The fraction of sp³-hybridized carbons (Fsp3) is 0.0769. The molecule has 0 bridgehead atoms. The Hall–Kier alpha value is -1.83. The maximum atomic E-state index is 13.2. The van der Waals surface area contributed by atoms with Crippen LogP contribution in [0.5, 0.6) is 0 Å². The Labute approximate surface area is 88.4 Å². The molecule has 2 heteroatoms.